The minimum Gasteiger partial charge on any atom is -0.471 e. The molecule has 0 spiro atoms. The van der Waals surface area contributed by atoms with Gasteiger partial charge in [-0.05, 0) is 31.5 Å². The molecule has 0 saturated heterocycles. The first-order valence-electron chi connectivity index (χ1n) is 11.8. The summed E-state index contributed by atoms with van der Waals surface area (Å²) in [6, 6.07) is 16.7. The predicted octanol–water partition coefficient (Wildman–Crippen LogP) is 2.64. The van der Waals surface area contributed by atoms with Crippen LogP contribution < -0.4 is 9.47 Å². The van der Waals surface area contributed by atoms with Crippen molar-refractivity contribution >= 4 is 0 Å². The summed E-state index contributed by atoms with van der Waals surface area (Å²) in [6.45, 7) is 5.45. The van der Waals surface area contributed by atoms with Crippen molar-refractivity contribution in [3.05, 3.63) is 60.2 Å². The van der Waals surface area contributed by atoms with Crippen LogP contribution in [0.3, 0.4) is 0 Å². The Kier molecular flexibility index (Phi) is 11.9. The fourth-order valence-electron chi connectivity index (χ4n) is 2.98. The van der Waals surface area contributed by atoms with E-state index < -0.39 is 12.6 Å². The average Bonchev–Trinajstić information content (AvgIpc) is 2.93. The van der Waals surface area contributed by atoms with E-state index in [9.17, 15) is 0 Å². The second-order valence-corrected chi connectivity index (χ2v) is 7.30. The molecular weight excluding hydrogens is 468 g/mol. The molecule has 3 aromatic rings. The molecule has 0 amide bonds. The standard InChI is InChI=1S/C25H32N4O7/c1-3-31-24(33-15-14-30)17-34-22-12-10-20(26-28-22)21-11-13-23(29-27-21)35-18-25(32-4-2)36-16-19-8-6-5-7-9-19/h5-13,24-25,30H,3-4,14-18H2,1-2H3. The van der Waals surface area contributed by atoms with Crippen LogP contribution in [-0.2, 0) is 25.6 Å². The van der Waals surface area contributed by atoms with E-state index in [1.165, 1.54) is 0 Å². The van der Waals surface area contributed by atoms with Gasteiger partial charge in [0.2, 0.25) is 11.8 Å². The second-order valence-electron chi connectivity index (χ2n) is 7.30. The molecule has 1 N–H and O–H groups in total. The summed E-state index contributed by atoms with van der Waals surface area (Å²) in [6.07, 6.45) is -1.14. The highest BCUT2D eigenvalue weighted by Gasteiger charge is 2.13. The van der Waals surface area contributed by atoms with E-state index in [-0.39, 0.29) is 26.4 Å². The maximum absolute atomic E-state index is 8.89. The molecule has 2 unspecified atom stereocenters. The zero-order chi connectivity index (χ0) is 25.4. The largest absolute Gasteiger partial charge is 0.471 e. The lowest BCUT2D eigenvalue weighted by Gasteiger charge is -2.18. The quantitative estimate of drug-likeness (QED) is 0.275. The Labute approximate surface area is 210 Å². The molecular formula is C25H32N4O7. The Morgan fingerprint density at radius 3 is 1.69 bits per heavy atom. The molecule has 2 aromatic heterocycles. The van der Waals surface area contributed by atoms with E-state index in [1.807, 2.05) is 44.2 Å². The lowest BCUT2D eigenvalue weighted by atomic mass is 10.2. The maximum atomic E-state index is 8.89. The summed E-state index contributed by atoms with van der Waals surface area (Å²) in [5.41, 5.74) is 2.10. The van der Waals surface area contributed by atoms with Crippen LogP contribution in [0.4, 0.5) is 0 Å². The van der Waals surface area contributed by atoms with Gasteiger partial charge in [-0.1, -0.05) is 30.3 Å². The summed E-state index contributed by atoms with van der Waals surface area (Å²) in [5, 5.41) is 25.3. The highest BCUT2D eigenvalue weighted by molar-refractivity contribution is 5.52. The summed E-state index contributed by atoms with van der Waals surface area (Å²) in [4.78, 5) is 0. The Bertz CT molecular complexity index is 978. The predicted molar refractivity (Wildman–Crippen MR) is 129 cm³/mol. The van der Waals surface area contributed by atoms with Gasteiger partial charge in [-0.15, -0.1) is 20.4 Å². The monoisotopic (exact) mass is 500 g/mol. The van der Waals surface area contributed by atoms with E-state index in [0.29, 0.717) is 43.0 Å². The summed E-state index contributed by atoms with van der Waals surface area (Å²) in [5.74, 6) is 0.644. The number of aliphatic hydroxyl groups is 1. The summed E-state index contributed by atoms with van der Waals surface area (Å²) in [7, 11) is 0. The number of nitrogens with zero attached hydrogens (tertiary/aromatic N) is 4. The third-order valence-electron chi connectivity index (χ3n) is 4.66. The van der Waals surface area contributed by atoms with Crippen LogP contribution in [0.1, 0.15) is 19.4 Å². The SMILES string of the molecule is CCOC(COc1ccc(-c2ccc(OCC(OCC)OCc3ccccc3)nn2)nn1)OCCO. The fourth-order valence-corrected chi connectivity index (χ4v) is 2.98. The molecule has 36 heavy (non-hydrogen) atoms. The van der Waals surface area contributed by atoms with Gasteiger partial charge in [0.05, 0.1) is 19.8 Å². The Morgan fingerprint density at radius 1 is 0.667 bits per heavy atom. The van der Waals surface area contributed by atoms with Crippen molar-refractivity contribution < 1.29 is 33.5 Å². The molecule has 0 aliphatic carbocycles. The number of hydrogen-bond donors (Lipinski definition) is 1. The molecule has 1 aromatic carbocycles. The first-order chi connectivity index (χ1) is 17.7. The van der Waals surface area contributed by atoms with Crippen LogP contribution >= 0.6 is 0 Å². The summed E-state index contributed by atoms with van der Waals surface area (Å²) < 4.78 is 33.4. The molecule has 3 rings (SSSR count). The van der Waals surface area contributed by atoms with Gasteiger partial charge < -0.3 is 33.5 Å². The third-order valence-corrected chi connectivity index (χ3v) is 4.66. The molecule has 0 saturated carbocycles. The molecule has 0 fully saturated rings. The van der Waals surface area contributed by atoms with Gasteiger partial charge >= 0.3 is 0 Å². The van der Waals surface area contributed by atoms with Crippen molar-refractivity contribution in [2.75, 3.05) is 39.6 Å². The number of hydrogen-bond acceptors (Lipinski definition) is 11. The van der Waals surface area contributed by atoms with E-state index in [1.54, 1.807) is 24.3 Å². The minimum atomic E-state index is -0.604. The fraction of sp³-hybridized carbons (Fsp3) is 0.440. The lowest BCUT2D eigenvalue weighted by molar-refractivity contribution is -0.162. The van der Waals surface area contributed by atoms with Crippen LogP contribution in [0, 0.1) is 0 Å². The zero-order valence-electron chi connectivity index (χ0n) is 20.5. The van der Waals surface area contributed by atoms with Gasteiger partial charge in [0.1, 0.15) is 24.6 Å². The first-order valence-corrected chi connectivity index (χ1v) is 11.8. The molecule has 194 valence electrons. The van der Waals surface area contributed by atoms with Crippen molar-refractivity contribution in [1.82, 2.24) is 20.4 Å². The van der Waals surface area contributed by atoms with E-state index in [4.69, 9.17) is 33.5 Å². The van der Waals surface area contributed by atoms with Crippen molar-refractivity contribution in [2.45, 2.75) is 33.0 Å². The van der Waals surface area contributed by atoms with Crippen molar-refractivity contribution in [3.63, 3.8) is 0 Å². The molecule has 11 nitrogen and oxygen atoms in total. The molecule has 0 aliphatic rings. The van der Waals surface area contributed by atoms with Crippen LogP contribution in [-0.4, -0.2) is 77.7 Å². The van der Waals surface area contributed by atoms with Gasteiger partial charge in [0.15, 0.2) is 12.6 Å². The molecule has 0 bridgehead atoms. The van der Waals surface area contributed by atoms with Gasteiger partial charge in [0.25, 0.3) is 0 Å². The van der Waals surface area contributed by atoms with Crippen LogP contribution in [0.5, 0.6) is 11.8 Å². The number of aromatic nitrogens is 4. The topological polar surface area (TPSA) is 127 Å². The lowest BCUT2D eigenvalue weighted by Crippen LogP contribution is -2.26. The average molecular weight is 501 g/mol. The maximum Gasteiger partial charge on any atom is 0.233 e. The highest BCUT2D eigenvalue weighted by Crippen LogP contribution is 2.17. The van der Waals surface area contributed by atoms with Gasteiger partial charge in [0, 0.05) is 25.3 Å². The first kappa shape index (κ1) is 27.4. The minimum absolute atomic E-state index is 0.0991. The van der Waals surface area contributed by atoms with Crippen molar-refractivity contribution in [2.24, 2.45) is 0 Å². The Morgan fingerprint density at radius 2 is 1.22 bits per heavy atom. The number of rotatable bonds is 17. The zero-order valence-corrected chi connectivity index (χ0v) is 20.5. The summed E-state index contributed by atoms with van der Waals surface area (Å²) >= 11 is 0. The van der Waals surface area contributed by atoms with Gasteiger partial charge in [-0.3, -0.25) is 0 Å². The number of benzene rings is 1. The molecule has 11 heteroatoms. The normalized spacial score (nSPS) is 12.8. The van der Waals surface area contributed by atoms with E-state index in [2.05, 4.69) is 20.4 Å². The second kappa shape index (κ2) is 15.7. The van der Waals surface area contributed by atoms with Crippen molar-refractivity contribution in [3.8, 4) is 23.1 Å². The van der Waals surface area contributed by atoms with E-state index in [0.717, 1.165) is 5.56 Å². The van der Waals surface area contributed by atoms with Gasteiger partial charge in [-0.25, -0.2) is 0 Å². The van der Waals surface area contributed by atoms with Crippen LogP contribution in [0.2, 0.25) is 0 Å². The molecule has 2 atom stereocenters. The Hall–Kier alpha value is -3.22. The molecule has 0 aliphatic heterocycles. The third kappa shape index (κ3) is 9.44. The molecule has 2 heterocycles. The van der Waals surface area contributed by atoms with Crippen molar-refractivity contribution in [1.29, 1.82) is 0 Å². The molecule has 0 radical (unpaired) electrons. The van der Waals surface area contributed by atoms with Gasteiger partial charge in [-0.2, -0.15) is 0 Å². The van der Waals surface area contributed by atoms with E-state index >= 15 is 0 Å². The van der Waals surface area contributed by atoms with Crippen LogP contribution in [0.25, 0.3) is 11.4 Å². The van der Waals surface area contributed by atoms with Crippen LogP contribution in [0.15, 0.2) is 54.6 Å². The number of ether oxygens (including phenoxy) is 6. The highest BCUT2D eigenvalue weighted by atomic mass is 16.7. The Balaban J connectivity index is 1.48. The number of aliphatic hydroxyl groups excluding tert-OH is 1. The smallest absolute Gasteiger partial charge is 0.233 e.